The van der Waals surface area contributed by atoms with Gasteiger partial charge in [-0.25, -0.2) is 0 Å². The van der Waals surface area contributed by atoms with Crippen molar-refractivity contribution in [3.05, 3.63) is 17.8 Å². The van der Waals surface area contributed by atoms with E-state index in [0.717, 1.165) is 12.1 Å². The maximum Gasteiger partial charge on any atom is 0.158 e. The van der Waals surface area contributed by atoms with Gasteiger partial charge in [0, 0.05) is 11.8 Å². The number of aromatic nitrogens is 2. The van der Waals surface area contributed by atoms with Gasteiger partial charge in [0.15, 0.2) is 5.82 Å². The summed E-state index contributed by atoms with van der Waals surface area (Å²) in [6, 6.07) is 1.79. The van der Waals surface area contributed by atoms with Crippen molar-refractivity contribution < 1.29 is 0 Å². The number of nitrogens with zero attached hydrogens (tertiary/aromatic N) is 2. The molecule has 1 fully saturated rings. The maximum absolute atomic E-state index is 5.62. The number of hydrogen-bond donors (Lipinski definition) is 2. The minimum Gasteiger partial charge on any atom is -0.389 e. The van der Waals surface area contributed by atoms with Crippen molar-refractivity contribution in [3.63, 3.8) is 0 Å². The summed E-state index contributed by atoms with van der Waals surface area (Å²) in [5.41, 5.74) is 6.39. The van der Waals surface area contributed by atoms with Crippen LogP contribution in [-0.2, 0) is 0 Å². The van der Waals surface area contributed by atoms with Crippen LogP contribution in [0, 0.1) is 0 Å². The molecule has 1 saturated heterocycles. The molecule has 1 unspecified atom stereocenters. The van der Waals surface area contributed by atoms with Gasteiger partial charge in [-0.1, -0.05) is 12.2 Å². The number of rotatable bonds is 4. The molecule has 3 N–H and O–H groups in total. The second kappa shape index (κ2) is 5.45. The Hall–Kier alpha value is -0.880. The zero-order valence-electron chi connectivity index (χ0n) is 8.85. The molecule has 0 saturated carbocycles. The summed E-state index contributed by atoms with van der Waals surface area (Å²) >= 11 is 6.96. The van der Waals surface area contributed by atoms with Crippen LogP contribution in [-0.4, -0.2) is 32.7 Å². The van der Waals surface area contributed by atoms with Crippen LogP contribution in [0.15, 0.2) is 12.3 Å². The van der Waals surface area contributed by atoms with Crippen LogP contribution in [0.4, 0.5) is 5.82 Å². The van der Waals surface area contributed by atoms with Crippen molar-refractivity contribution >= 4 is 34.8 Å². The van der Waals surface area contributed by atoms with Crippen molar-refractivity contribution in [2.45, 2.75) is 18.1 Å². The van der Waals surface area contributed by atoms with Crippen molar-refractivity contribution in [2.24, 2.45) is 5.73 Å². The lowest BCUT2D eigenvalue weighted by Gasteiger charge is -2.12. The minimum atomic E-state index is 0.358. The van der Waals surface area contributed by atoms with Gasteiger partial charge in [0.2, 0.25) is 0 Å². The first kappa shape index (κ1) is 11.6. The second-order valence-corrected chi connectivity index (χ2v) is 5.52. The van der Waals surface area contributed by atoms with Crippen LogP contribution in [0.25, 0.3) is 0 Å². The summed E-state index contributed by atoms with van der Waals surface area (Å²) in [6.45, 7) is 0.902. The molecule has 1 aromatic heterocycles. The summed E-state index contributed by atoms with van der Waals surface area (Å²) in [5.74, 6) is 1.96. The third-order valence-electron chi connectivity index (χ3n) is 2.51. The maximum atomic E-state index is 5.62. The fourth-order valence-electron chi connectivity index (χ4n) is 1.68. The van der Waals surface area contributed by atoms with Gasteiger partial charge in [-0.15, -0.1) is 5.10 Å². The van der Waals surface area contributed by atoms with E-state index in [1.165, 1.54) is 18.6 Å². The molecular formula is C10H14N4S2. The van der Waals surface area contributed by atoms with Crippen molar-refractivity contribution in [1.82, 2.24) is 10.2 Å². The molecule has 2 rings (SSSR count). The highest BCUT2D eigenvalue weighted by Crippen LogP contribution is 2.26. The first-order valence-corrected chi connectivity index (χ1v) is 6.70. The van der Waals surface area contributed by atoms with Crippen LogP contribution >= 0.6 is 24.0 Å². The van der Waals surface area contributed by atoms with Gasteiger partial charge >= 0.3 is 0 Å². The topological polar surface area (TPSA) is 63.8 Å². The molecular weight excluding hydrogens is 240 g/mol. The molecule has 0 bridgehead atoms. The average molecular weight is 254 g/mol. The molecule has 16 heavy (non-hydrogen) atoms. The fraction of sp³-hybridized carbons (Fsp3) is 0.500. The summed E-state index contributed by atoms with van der Waals surface area (Å²) in [7, 11) is 0. The van der Waals surface area contributed by atoms with Crippen LogP contribution < -0.4 is 11.1 Å². The number of nitrogens with one attached hydrogen (secondary N) is 1. The predicted octanol–water partition coefficient (Wildman–Crippen LogP) is 1.42. The van der Waals surface area contributed by atoms with E-state index in [9.17, 15) is 0 Å². The smallest absolute Gasteiger partial charge is 0.158 e. The zero-order chi connectivity index (χ0) is 11.4. The van der Waals surface area contributed by atoms with Gasteiger partial charge in [0.25, 0.3) is 0 Å². The van der Waals surface area contributed by atoms with E-state index in [0.29, 0.717) is 16.1 Å². The van der Waals surface area contributed by atoms with Crippen LogP contribution in [0.3, 0.4) is 0 Å². The number of hydrogen-bond acceptors (Lipinski definition) is 5. The van der Waals surface area contributed by atoms with Crippen molar-refractivity contribution in [1.29, 1.82) is 0 Å². The van der Waals surface area contributed by atoms with Crippen LogP contribution in [0.5, 0.6) is 0 Å². The Bertz CT molecular complexity index is 377. The third kappa shape index (κ3) is 2.82. The minimum absolute atomic E-state index is 0.358. The Labute approximate surface area is 104 Å². The van der Waals surface area contributed by atoms with E-state index in [-0.39, 0.29) is 0 Å². The third-order valence-corrected chi connectivity index (χ3v) is 4.13. The predicted molar refractivity (Wildman–Crippen MR) is 71.9 cm³/mol. The summed E-state index contributed by atoms with van der Waals surface area (Å²) in [5, 5.41) is 11.8. The van der Waals surface area contributed by atoms with Gasteiger partial charge in [0.1, 0.15) is 4.99 Å². The zero-order valence-corrected chi connectivity index (χ0v) is 10.5. The molecule has 1 atom stereocenters. The number of anilines is 1. The molecule has 2 heterocycles. The highest BCUT2D eigenvalue weighted by atomic mass is 32.2. The first-order chi connectivity index (χ1) is 7.77. The number of thioether (sulfide) groups is 1. The highest BCUT2D eigenvalue weighted by Gasteiger charge is 2.16. The summed E-state index contributed by atoms with van der Waals surface area (Å²) < 4.78 is 0. The van der Waals surface area contributed by atoms with Gasteiger partial charge < -0.3 is 11.1 Å². The van der Waals surface area contributed by atoms with Gasteiger partial charge in [-0.2, -0.15) is 16.9 Å². The monoisotopic (exact) mass is 254 g/mol. The number of thiocarbonyl (C=S) groups is 1. The Morgan fingerprint density at radius 3 is 3.25 bits per heavy atom. The molecule has 1 aromatic rings. The lowest BCUT2D eigenvalue weighted by Crippen LogP contribution is -2.19. The molecule has 86 valence electrons. The largest absolute Gasteiger partial charge is 0.389 e. The van der Waals surface area contributed by atoms with Gasteiger partial charge in [-0.05, 0) is 24.7 Å². The molecule has 0 spiro atoms. The fourth-order valence-corrected chi connectivity index (χ4v) is 3.04. The normalized spacial score (nSPS) is 19.6. The second-order valence-electron chi connectivity index (χ2n) is 3.67. The molecule has 0 aliphatic carbocycles. The van der Waals surface area contributed by atoms with E-state index in [1.54, 1.807) is 12.3 Å². The van der Waals surface area contributed by atoms with Crippen molar-refractivity contribution in [3.8, 4) is 0 Å². The summed E-state index contributed by atoms with van der Waals surface area (Å²) in [4.78, 5) is 0.358. The molecule has 0 radical (unpaired) electrons. The molecule has 4 nitrogen and oxygen atoms in total. The van der Waals surface area contributed by atoms with Gasteiger partial charge in [-0.3, -0.25) is 0 Å². The molecule has 1 aliphatic heterocycles. The SMILES string of the molecule is NC(=S)c1ccnnc1NCC1CCCS1. The van der Waals surface area contributed by atoms with E-state index in [1.807, 2.05) is 11.8 Å². The number of nitrogens with two attached hydrogens (primary N) is 1. The molecule has 0 aromatic carbocycles. The van der Waals surface area contributed by atoms with Crippen LogP contribution in [0.2, 0.25) is 0 Å². The highest BCUT2D eigenvalue weighted by molar-refractivity contribution is 8.00. The standard InChI is InChI=1S/C10H14N4S2/c11-9(15)8-3-4-13-14-10(8)12-6-7-2-1-5-16-7/h3-4,7H,1-2,5-6H2,(H2,11,15)(H,12,14). The average Bonchev–Trinajstić information content (AvgIpc) is 2.79. The Morgan fingerprint density at radius 1 is 1.69 bits per heavy atom. The lowest BCUT2D eigenvalue weighted by atomic mass is 10.2. The van der Waals surface area contributed by atoms with E-state index >= 15 is 0 Å². The van der Waals surface area contributed by atoms with Gasteiger partial charge in [0.05, 0.1) is 11.8 Å². The Morgan fingerprint density at radius 2 is 2.56 bits per heavy atom. The molecule has 0 amide bonds. The lowest BCUT2D eigenvalue weighted by molar-refractivity contribution is 0.801. The Balaban J connectivity index is 2.00. The molecule has 6 heteroatoms. The quantitative estimate of drug-likeness (QED) is 0.792. The Kier molecular flexibility index (Phi) is 3.95. The summed E-state index contributed by atoms with van der Waals surface area (Å²) in [6.07, 6.45) is 4.17. The van der Waals surface area contributed by atoms with E-state index in [4.69, 9.17) is 18.0 Å². The first-order valence-electron chi connectivity index (χ1n) is 5.24. The van der Waals surface area contributed by atoms with Crippen molar-refractivity contribution in [2.75, 3.05) is 17.6 Å². The van der Waals surface area contributed by atoms with E-state index in [2.05, 4.69) is 15.5 Å². The molecule has 1 aliphatic rings. The van der Waals surface area contributed by atoms with Crippen LogP contribution in [0.1, 0.15) is 18.4 Å². The van der Waals surface area contributed by atoms with E-state index < -0.39 is 0 Å².